The maximum absolute atomic E-state index is 12.5. The van der Waals surface area contributed by atoms with Gasteiger partial charge in [-0.25, -0.2) is 0 Å². The standard InChI is InChI=1S/5C24H36O2S.5FH/c5*1-2-3-4-5-18-6-8-19(9-7-18)20-10-12-21(13-11-20)24(25)26-22-14-16-23(27)17-15-22;;;;;/h5*14-21,27H,2-13H2,1H3;5*1H. The molecule has 10 aliphatic carbocycles. The third kappa shape index (κ3) is 43.7. The van der Waals surface area contributed by atoms with Crippen molar-refractivity contribution in [3.8, 4) is 28.7 Å². The number of carbonyl (C=O) groups is 5. The van der Waals surface area contributed by atoms with Crippen LogP contribution in [-0.2, 0) is 24.0 Å². The summed E-state index contributed by atoms with van der Waals surface area (Å²) >= 11 is 21.4. The van der Waals surface area contributed by atoms with E-state index in [1.807, 2.05) is 121 Å². The van der Waals surface area contributed by atoms with E-state index in [-0.39, 0.29) is 83.0 Å². The van der Waals surface area contributed by atoms with Gasteiger partial charge in [0.15, 0.2) is 0 Å². The Hall–Kier alpha value is -5.15. The van der Waals surface area contributed by atoms with Crippen LogP contribution >= 0.6 is 63.1 Å². The molecule has 15 rings (SSSR count). The van der Waals surface area contributed by atoms with Crippen LogP contribution in [0.4, 0.5) is 23.5 Å². The van der Waals surface area contributed by atoms with Gasteiger partial charge in [-0.3, -0.25) is 47.5 Å². The second-order valence-corrected chi connectivity index (χ2v) is 46.6. The van der Waals surface area contributed by atoms with Crippen LogP contribution in [0.5, 0.6) is 28.7 Å². The van der Waals surface area contributed by atoms with Gasteiger partial charge in [0.25, 0.3) is 0 Å². The SMILES string of the molecule is CCCCCC1CCC(C2CCC(C(=O)Oc3ccc(S)cc3)CC2)CC1.CCCCCC1CCC(C2CCC(C(=O)Oc3ccc(S)cc3)CC2)CC1.CCCCCC1CCC(C2CCC(C(=O)Oc3ccc(S)cc3)CC2)CC1.CCCCCC1CCC(C2CCC(C(=O)Oc3ccc(S)cc3)CC2)CC1.CCCCCC1CCC(C2CCC(C(=O)Oc3ccc(S)cc3)CC2)CC1.F.F.F.F.F. The van der Waals surface area contributed by atoms with E-state index in [9.17, 15) is 24.0 Å². The van der Waals surface area contributed by atoms with Gasteiger partial charge in [-0.2, -0.15) is 0 Å². The molecule has 10 saturated carbocycles. The minimum absolute atomic E-state index is 0. The Labute approximate surface area is 870 Å². The Morgan fingerprint density at radius 3 is 0.414 bits per heavy atom. The first kappa shape index (κ1) is 124. The summed E-state index contributed by atoms with van der Waals surface area (Å²) < 4.78 is 27.9. The van der Waals surface area contributed by atoms with Crippen LogP contribution in [0.3, 0.4) is 0 Å². The number of hydrogen-bond acceptors (Lipinski definition) is 15. The van der Waals surface area contributed by atoms with Crippen molar-refractivity contribution in [2.24, 2.45) is 118 Å². The van der Waals surface area contributed by atoms with Gasteiger partial charge in [-0.15, -0.1) is 63.1 Å². The molecule has 0 spiro atoms. The van der Waals surface area contributed by atoms with Crippen LogP contribution in [0.1, 0.15) is 420 Å². The molecule has 0 bridgehead atoms. The van der Waals surface area contributed by atoms with Gasteiger partial charge in [0, 0.05) is 24.5 Å². The average molecular weight is 2040 g/mol. The Balaban J connectivity index is 0.000000266. The van der Waals surface area contributed by atoms with Gasteiger partial charge in [-0.1, -0.05) is 227 Å². The number of carbonyl (C=O) groups excluding carboxylic acids is 5. The zero-order chi connectivity index (χ0) is 95.3. The van der Waals surface area contributed by atoms with E-state index in [1.165, 1.54) is 321 Å². The van der Waals surface area contributed by atoms with Crippen LogP contribution in [-0.4, -0.2) is 29.8 Å². The number of thiol groups is 5. The number of ether oxygens (including phenoxy) is 5. The molecule has 0 aliphatic heterocycles. The molecule has 0 heterocycles. The van der Waals surface area contributed by atoms with Crippen LogP contribution < -0.4 is 23.7 Å². The lowest BCUT2D eigenvalue weighted by Crippen LogP contribution is -2.30. The highest BCUT2D eigenvalue weighted by molar-refractivity contribution is 7.81. The molecule has 790 valence electrons. The molecular weight excluding hydrogens is 1860 g/mol. The van der Waals surface area contributed by atoms with Gasteiger partial charge in [0.2, 0.25) is 0 Å². The predicted molar refractivity (Wildman–Crippen MR) is 584 cm³/mol. The molecule has 0 unspecified atom stereocenters. The summed E-state index contributed by atoms with van der Waals surface area (Å²) in [5.74, 6) is 17.1. The van der Waals surface area contributed by atoms with Crippen molar-refractivity contribution in [1.29, 1.82) is 0 Å². The minimum atomic E-state index is -0.0417. The number of rotatable bonds is 35. The zero-order valence-corrected chi connectivity index (χ0v) is 90.9. The first-order chi connectivity index (χ1) is 65.8. The summed E-state index contributed by atoms with van der Waals surface area (Å²) in [6.45, 7) is 11.5. The van der Waals surface area contributed by atoms with Crippen molar-refractivity contribution < 1.29 is 71.2 Å². The topological polar surface area (TPSA) is 132 Å². The van der Waals surface area contributed by atoms with E-state index in [0.29, 0.717) is 28.7 Å². The lowest BCUT2D eigenvalue weighted by atomic mass is 9.68. The van der Waals surface area contributed by atoms with Crippen molar-refractivity contribution in [3.63, 3.8) is 0 Å². The van der Waals surface area contributed by atoms with Crippen molar-refractivity contribution in [3.05, 3.63) is 121 Å². The molecule has 0 amide bonds. The lowest BCUT2D eigenvalue weighted by molar-refractivity contribution is -0.141. The molecule has 10 fully saturated rings. The van der Waals surface area contributed by atoms with Crippen LogP contribution in [0.2, 0.25) is 0 Å². The maximum atomic E-state index is 12.5. The summed E-state index contributed by atoms with van der Waals surface area (Å²) in [6, 6.07) is 36.9. The molecule has 0 N–H and O–H groups in total. The van der Waals surface area contributed by atoms with Gasteiger partial charge in [0.05, 0.1) is 29.6 Å². The smallest absolute Gasteiger partial charge is 0.314 e. The number of benzene rings is 5. The fraction of sp³-hybridized carbons (Fsp3) is 0.708. The van der Waals surface area contributed by atoms with E-state index in [4.69, 9.17) is 23.7 Å². The molecule has 0 radical (unpaired) electrons. The van der Waals surface area contributed by atoms with E-state index in [2.05, 4.69) is 97.8 Å². The number of halogens is 5. The highest BCUT2D eigenvalue weighted by Gasteiger charge is 2.40. The van der Waals surface area contributed by atoms with Gasteiger partial charge < -0.3 is 23.7 Å². The van der Waals surface area contributed by atoms with Gasteiger partial charge >= 0.3 is 29.8 Å². The quantitative estimate of drug-likeness (QED) is 0.00879. The Kier molecular flexibility index (Phi) is 61.0. The largest absolute Gasteiger partial charge is 0.426 e. The summed E-state index contributed by atoms with van der Waals surface area (Å²) in [4.78, 5) is 66.7. The summed E-state index contributed by atoms with van der Waals surface area (Å²) in [6.07, 6.45) is 78.9. The lowest BCUT2D eigenvalue weighted by Gasteiger charge is -2.37. The Morgan fingerprint density at radius 1 is 0.186 bits per heavy atom. The normalized spacial score (nSPS) is 27.6. The minimum Gasteiger partial charge on any atom is -0.426 e. The third-order valence-corrected chi connectivity index (χ3v) is 36.2. The van der Waals surface area contributed by atoms with Crippen molar-refractivity contribution in [1.82, 2.24) is 0 Å². The molecule has 0 aromatic heterocycles. The molecule has 5 aromatic carbocycles. The monoisotopic (exact) mass is 2040 g/mol. The van der Waals surface area contributed by atoms with Crippen molar-refractivity contribution in [2.45, 2.75) is 444 Å². The first-order valence-corrected chi connectivity index (χ1v) is 58.0. The molecule has 0 atom stereocenters. The second-order valence-electron chi connectivity index (χ2n) is 44.0. The number of esters is 5. The van der Waals surface area contributed by atoms with Gasteiger partial charge in [0.1, 0.15) is 28.7 Å². The first-order valence-electron chi connectivity index (χ1n) is 55.8. The maximum Gasteiger partial charge on any atom is 0.314 e. The van der Waals surface area contributed by atoms with Gasteiger partial charge in [-0.05, 0) is 403 Å². The van der Waals surface area contributed by atoms with E-state index in [1.54, 1.807) is 0 Å². The molecule has 0 saturated heterocycles. The second kappa shape index (κ2) is 69.1. The van der Waals surface area contributed by atoms with Crippen molar-refractivity contribution in [2.75, 3.05) is 0 Å². The van der Waals surface area contributed by atoms with Crippen LogP contribution in [0, 0.1) is 118 Å². The molecular formula is C120H185F5O10S5. The number of hydrogen-bond donors (Lipinski definition) is 5. The van der Waals surface area contributed by atoms with E-state index >= 15 is 0 Å². The average Bonchev–Trinajstić information content (AvgIpc) is 0.851. The summed E-state index contributed by atoms with van der Waals surface area (Å²) in [5, 5.41) is 0. The third-order valence-electron chi connectivity index (χ3n) is 34.7. The summed E-state index contributed by atoms with van der Waals surface area (Å²) in [5.41, 5.74) is 0. The summed E-state index contributed by atoms with van der Waals surface area (Å²) in [7, 11) is 0. The van der Waals surface area contributed by atoms with Crippen molar-refractivity contribution >= 4 is 93.0 Å². The fourth-order valence-corrected chi connectivity index (χ4v) is 26.6. The molecule has 20 heteroatoms. The molecule has 140 heavy (non-hydrogen) atoms. The fourth-order valence-electron chi connectivity index (χ4n) is 25.9. The number of unbranched alkanes of at least 4 members (excludes halogenated alkanes) is 10. The zero-order valence-electron chi connectivity index (χ0n) is 86.4. The highest BCUT2D eigenvalue weighted by atomic mass is 32.1. The molecule has 10 aliphatic rings. The Bertz CT molecular complexity index is 3480. The predicted octanol–water partition coefficient (Wildman–Crippen LogP) is 36.1. The van der Waals surface area contributed by atoms with E-state index < -0.39 is 0 Å². The van der Waals surface area contributed by atoms with E-state index in [0.717, 1.165) is 177 Å². The van der Waals surface area contributed by atoms with Crippen LogP contribution in [0.25, 0.3) is 0 Å². The molecule has 10 nitrogen and oxygen atoms in total. The Morgan fingerprint density at radius 2 is 0.300 bits per heavy atom. The highest BCUT2D eigenvalue weighted by Crippen LogP contribution is 2.50. The van der Waals surface area contributed by atoms with Crippen LogP contribution in [0.15, 0.2) is 146 Å². The molecule has 5 aromatic rings.